The summed E-state index contributed by atoms with van der Waals surface area (Å²) in [6.07, 6.45) is 1.90. The number of hydrogen-bond donors (Lipinski definition) is 0. The topological polar surface area (TPSA) is 55.4 Å². The maximum atomic E-state index is 6.09. The summed E-state index contributed by atoms with van der Waals surface area (Å²) in [5.41, 5.74) is 0. The molecule has 206 valence electrons. The quantitative estimate of drug-likeness (QED) is 0.0529. The molecule has 0 aliphatic rings. The van der Waals surface area contributed by atoms with Gasteiger partial charge in [-0.05, 0) is 113 Å². The minimum absolute atomic E-state index is 0.215. The van der Waals surface area contributed by atoms with E-state index in [0.29, 0.717) is 39.6 Å². The minimum Gasteiger partial charge on any atom is -0.373 e. The van der Waals surface area contributed by atoms with Gasteiger partial charge < -0.3 is 26.6 Å². The molecular formula is C18H42O6S8Si2. The van der Waals surface area contributed by atoms with Crippen molar-refractivity contribution >= 4 is 98.2 Å². The van der Waals surface area contributed by atoms with Crippen molar-refractivity contribution in [3.63, 3.8) is 0 Å². The second-order valence-corrected chi connectivity index (χ2v) is 25.9. The molecule has 0 saturated carbocycles. The lowest BCUT2D eigenvalue weighted by molar-refractivity contribution is 0.0685. The molecule has 0 bridgehead atoms. The highest BCUT2D eigenvalue weighted by Gasteiger charge is 2.50. The van der Waals surface area contributed by atoms with Gasteiger partial charge in [-0.3, -0.25) is 0 Å². The van der Waals surface area contributed by atoms with Crippen molar-refractivity contribution < 1.29 is 26.6 Å². The lowest BCUT2D eigenvalue weighted by Gasteiger charge is -2.34. The van der Waals surface area contributed by atoms with Gasteiger partial charge in [-0.2, -0.15) is 0 Å². The summed E-state index contributed by atoms with van der Waals surface area (Å²) in [5.74, 6) is 0. The summed E-state index contributed by atoms with van der Waals surface area (Å²) >= 11 is 0. The average Bonchev–Trinajstić information content (AvgIpc) is 2.81. The highest BCUT2D eigenvalue weighted by Crippen LogP contribution is 2.59. The van der Waals surface area contributed by atoms with Crippen molar-refractivity contribution in [3.05, 3.63) is 0 Å². The van der Waals surface area contributed by atoms with E-state index in [4.69, 9.17) is 26.6 Å². The highest BCUT2D eigenvalue weighted by molar-refractivity contribution is 9.48. The Bertz CT molecular complexity index is 404. The molecule has 34 heavy (non-hydrogen) atoms. The fourth-order valence-electron chi connectivity index (χ4n) is 2.94. The Morgan fingerprint density at radius 2 is 0.647 bits per heavy atom. The molecule has 0 amide bonds. The molecule has 16 heteroatoms. The predicted molar refractivity (Wildman–Crippen MR) is 170 cm³/mol. The number of rotatable bonds is 25. The van der Waals surface area contributed by atoms with Gasteiger partial charge in [-0.15, -0.1) is 0 Å². The Labute approximate surface area is 240 Å². The van der Waals surface area contributed by atoms with Crippen molar-refractivity contribution in [2.24, 2.45) is 0 Å². The summed E-state index contributed by atoms with van der Waals surface area (Å²) in [6, 6.07) is 0. The third-order valence-electron chi connectivity index (χ3n) is 4.05. The van der Waals surface area contributed by atoms with Crippen LogP contribution < -0.4 is 0 Å². The van der Waals surface area contributed by atoms with Crippen LogP contribution in [0.1, 0.15) is 68.2 Å². The Balaban J connectivity index is 4.51. The van der Waals surface area contributed by atoms with Gasteiger partial charge in [0.1, 0.15) is 0 Å². The maximum Gasteiger partial charge on any atom is 0.515 e. The summed E-state index contributed by atoms with van der Waals surface area (Å²) in [7, 11) is 8.84. The molecule has 0 aromatic carbocycles. The first-order chi connectivity index (χ1) is 16.5. The highest BCUT2D eigenvalue weighted by atomic mass is 34.0. The van der Waals surface area contributed by atoms with Crippen LogP contribution in [0.4, 0.5) is 0 Å². The van der Waals surface area contributed by atoms with Crippen molar-refractivity contribution in [2.45, 2.75) is 78.0 Å². The van der Waals surface area contributed by atoms with Crippen LogP contribution in [0.15, 0.2) is 0 Å². The zero-order valence-electron chi connectivity index (χ0n) is 21.5. The number of hydrogen-bond acceptors (Lipinski definition) is 14. The Kier molecular flexibility index (Phi) is 25.9. The smallest absolute Gasteiger partial charge is 0.373 e. The molecule has 0 N–H and O–H groups in total. The molecule has 0 aromatic heterocycles. The van der Waals surface area contributed by atoms with Crippen molar-refractivity contribution in [1.82, 2.24) is 0 Å². The van der Waals surface area contributed by atoms with Gasteiger partial charge >= 0.3 is 17.6 Å². The fraction of sp³-hybridized carbons (Fsp3) is 1.00. The van der Waals surface area contributed by atoms with Crippen LogP contribution in [-0.4, -0.2) is 67.0 Å². The van der Waals surface area contributed by atoms with E-state index in [2.05, 4.69) is 13.8 Å². The molecule has 0 aromatic rings. The van der Waals surface area contributed by atoms with E-state index in [1.807, 2.05) is 63.1 Å². The molecule has 0 spiro atoms. The first-order valence-electron chi connectivity index (χ1n) is 11.6. The van der Waals surface area contributed by atoms with E-state index in [1.54, 1.807) is 59.0 Å². The molecule has 0 rings (SSSR count). The Morgan fingerprint density at radius 1 is 0.412 bits per heavy atom. The Morgan fingerprint density at radius 3 is 0.853 bits per heavy atom. The standard InChI is InChI=1S/C18H42O6S8Si2/c1-9-17(33(19-11-3,20-12-4)21-13-5)25-27-29-31-32-30-28-26-18(10-2)34(22-14-6,23-15-7)24-16-8/h17-18H,9-16H2,1-8H3. The van der Waals surface area contributed by atoms with Crippen LogP contribution in [0.3, 0.4) is 0 Å². The first-order valence-corrected chi connectivity index (χ1v) is 25.5. The summed E-state index contributed by atoms with van der Waals surface area (Å²) in [4.78, 5) is 0.430. The molecule has 6 nitrogen and oxygen atoms in total. The predicted octanol–water partition coefficient (Wildman–Crippen LogP) is 8.99. The largest absolute Gasteiger partial charge is 0.515 e. The Hall–Kier alpha value is 2.99. The fourth-order valence-corrected chi connectivity index (χ4v) is 31.5. The van der Waals surface area contributed by atoms with Crippen molar-refractivity contribution in [1.29, 1.82) is 0 Å². The normalized spacial score (nSPS) is 14.5. The SMILES string of the molecule is CCO[Si](OCC)(OCC)C(CC)SSSSSSSSC(CC)[Si](OCC)(OCC)OCC. The van der Waals surface area contributed by atoms with Gasteiger partial charge in [-0.25, -0.2) is 0 Å². The molecule has 0 fully saturated rings. The molecule has 0 radical (unpaired) electrons. The van der Waals surface area contributed by atoms with Crippen molar-refractivity contribution in [2.75, 3.05) is 39.6 Å². The van der Waals surface area contributed by atoms with E-state index in [0.717, 1.165) is 12.8 Å². The lowest BCUT2D eigenvalue weighted by atomic mass is 10.6. The van der Waals surface area contributed by atoms with Gasteiger partial charge in [-0.1, -0.05) is 35.4 Å². The van der Waals surface area contributed by atoms with Crippen LogP contribution in [0.5, 0.6) is 0 Å². The van der Waals surface area contributed by atoms with Gasteiger partial charge in [0.15, 0.2) is 0 Å². The average molecular weight is 667 g/mol. The van der Waals surface area contributed by atoms with Crippen LogP contribution in [0.2, 0.25) is 0 Å². The van der Waals surface area contributed by atoms with Gasteiger partial charge in [0, 0.05) is 39.6 Å². The maximum absolute atomic E-state index is 6.09. The van der Waals surface area contributed by atoms with Crippen molar-refractivity contribution in [3.8, 4) is 0 Å². The summed E-state index contributed by atoms with van der Waals surface area (Å²) in [5, 5.41) is 0. The van der Waals surface area contributed by atoms with Crippen LogP contribution >= 0.6 is 80.5 Å². The van der Waals surface area contributed by atoms with Crippen LogP contribution in [-0.2, 0) is 26.6 Å². The van der Waals surface area contributed by atoms with E-state index < -0.39 is 17.6 Å². The third kappa shape index (κ3) is 13.9. The molecule has 2 unspecified atom stereocenters. The second kappa shape index (κ2) is 23.8. The molecule has 0 heterocycles. The third-order valence-corrected chi connectivity index (χ3v) is 29.7. The van der Waals surface area contributed by atoms with Gasteiger partial charge in [0.25, 0.3) is 0 Å². The molecule has 0 aliphatic heterocycles. The lowest BCUT2D eigenvalue weighted by Crippen LogP contribution is -2.54. The van der Waals surface area contributed by atoms with E-state index in [1.165, 1.54) is 0 Å². The summed E-state index contributed by atoms with van der Waals surface area (Å²) < 4.78 is 36.5. The zero-order chi connectivity index (χ0) is 25.7. The van der Waals surface area contributed by atoms with Crippen LogP contribution in [0, 0.1) is 0 Å². The van der Waals surface area contributed by atoms with Crippen LogP contribution in [0.25, 0.3) is 0 Å². The first kappa shape index (κ1) is 37.0. The second-order valence-electron chi connectivity index (χ2n) is 6.20. The molecule has 0 saturated heterocycles. The molecule has 0 aliphatic carbocycles. The summed E-state index contributed by atoms with van der Waals surface area (Å²) in [6.45, 7) is 20.0. The monoisotopic (exact) mass is 666 g/mol. The van der Waals surface area contributed by atoms with Gasteiger partial charge in [0.05, 0.1) is 9.75 Å². The molecule has 2 atom stereocenters. The van der Waals surface area contributed by atoms with E-state index >= 15 is 0 Å². The minimum atomic E-state index is -2.69. The van der Waals surface area contributed by atoms with E-state index in [-0.39, 0.29) is 9.75 Å². The van der Waals surface area contributed by atoms with E-state index in [9.17, 15) is 0 Å². The molecular weight excluding hydrogens is 625 g/mol. The van der Waals surface area contributed by atoms with Gasteiger partial charge in [0.2, 0.25) is 0 Å². The zero-order valence-corrected chi connectivity index (χ0v) is 30.1.